The summed E-state index contributed by atoms with van der Waals surface area (Å²) < 4.78 is 11.1. The molecule has 0 aliphatic carbocycles. The lowest BCUT2D eigenvalue weighted by atomic mass is 10.2. The van der Waals surface area contributed by atoms with Gasteiger partial charge in [-0.3, -0.25) is 0 Å². The molecule has 0 amide bonds. The van der Waals surface area contributed by atoms with Crippen molar-refractivity contribution in [3.05, 3.63) is 35.7 Å². The van der Waals surface area contributed by atoms with E-state index in [0.717, 1.165) is 10.1 Å². The molecule has 2 aromatic rings. The van der Waals surface area contributed by atoms with Crippen LogP contribution >= 0.6 is 0 Å². The maximum Gasteiger partial charge on any atom is 0.231 e. The first-order chi connectivity index (χ1) is 7.26. The lowest BCUT2D eigenvalue weighted by molar-refractivity contribution is -0.577. The number of rotatable bonds is 2. The van der Waals surface area contributed by atoms with Gasteiger partial charge in [-0.15, -0.1) is 0 Å². The molecule has 2 rings (SSSR count). The summed E-state index contributed by atoms with van der Waals surface area (Å²) in [5.74, 6) is 1.24. The molecule has 0 aliphatic rings. The largest absolute Gasteiger partial charge is 0.618 e. The van der Waals surface area contributed by atoms with Gasteiger partial charge in [0.15, 0.2) is 6.20 Å². The Bertz CT molecular complexity index is 496. The van der Waals surface area contributed by atoms with Gasteiger partial charge in [-0.1, -0.05) is 0 Å². The minimum atomic E-state index is 0.536. The topological polar surface area (TPSA) is 45.4 Å². The van der Waals surface area contributed by atoms with E-state index >= 15 is 0 Å². The number of fused-ring (bicyclic) bond motifs is 1. The van der Waals surface area contributed by atoms with Crippen molar-refractivity contribution in [2.75, 3.05) is 14.2 Å². The zero-order valence-corrected chi connectivity index (χ0v) is 8.56. The Kier molecular flexibility index (Phi) is 2.33. The second kappa shape index (κ2) is 3.65. The zero-order valence-electron chi connectivity index (χ0n) is 8.56. The Balaban J connectivity index is 2.80. The monoisotopic (exact) mass is 205 g/mol. The van der Waals surface area contributed by atoms with Crippen LogP contribution in [0.25, 0.3) is 10.9 Å². The van der Waals surface area contributed by atoms with Crippen molar-refractivity contribution in [2.45, 2.75) is 0 Å². The molecule has 78 valence electrons. The van der Waals surface area contributed by atoms with E-state index in [1.54, 1.807) is 32.4 Å². The third-order valence-corrected chi connectivity index (χ3v) is 2.27. The standard InChI is InChI=1S/C11H11NO3/c1-14-8-6-10-9(11(7-8)15-2)4-3-5-12(10)13/h3-7H,1-2H3. The highest BCUT2D eigenvalue weighted by Crippen LogP contribution is 2.28. The molecule has 4 nitrogen and oxygen atoms in total. The molecule has 0 aliphatic heterocycles. The Morgan fingerprint density at radius 3 is 2.67 bits per heavy atom. The zero-order chi connectivity index (χ0) is 10.8. The Labute approximate surface area is 87.2 Å². The van der Waals surface area contributed by atoms with Crippen LogP contribution in [0.15, 0.2) is 30.5 Å². The van der Waals surface area contributed by atoms with Crippen molar-refractivity contribution in [2.24, 2.45) is 0 Å². The van der Waals surface area contributed by atoms with Crippen LogP contribution in [-0.2, 0) is 0 Å². The Hall–Kier alpha value is -1.97. The van der Waals surface area contributed by atoms with E-state index in [1.807, 2.05) is 6.07 Å². The van der Waals surface area contributed by atoms with E-state index in [9.17, 15) is 5.21 Å². The molecule has 0 saturated heterocycles. The van der Waals surface area contributed by atoms with E-state index in [0.29, 0.717) is 17.0 Å². The highest BCUT2D eigenvalue weighted by atomic mass is 16.5. The summed E-state index contributed by atoms with van der Waals surface area (Å²) in [5, 5.41) is 12.3. The molecule has 4 heteroatoms. The van der Waals surface area contributed by atoms with Crippen LogP contribution in [0.1, 0.15) is 0 Å². The molecule has 0 fully saturated rings. The average Bonchev–Trinajstić information content (AvgIpc) is 2.28. The van der Waals surface area contributed by atoms with Crippen LogP contribution in [0.4, 0.5) is 0 Å². The summed E-state index contributed by atoms with van der Waals surface area (Å²) in [7, 11) is 3.12. The number of benzene rings is 1. The first-order valence-electron chi connectivity index (χ1n) is 4.50. The van der Waals surface area contributed by atoms with Crippen LogP contribution < -0.4 is 14.2 Å². The van der Waals surface area contributed by atoms with Gasteiger partial charge in [-0.05, 0) is 6.07 Å². The fraction of sp³-hybridized carbons (Fsp3) is 0.182. The molecule has 0 bridgehead atoms. The SMILES string of the molecule is COc1cc(OC)c2ccc[n+]([O-])c2c1. The molecule has 0 saturated carbocycles. The molecule has 1 heterocycles. The van der Waals surface area contributed by atoms with Crippen LogP contribution in [-0.4, -0.2) is 14.2 Å². The third-order valence-electron chi connectivity index (χ3n) is 2.27. The second-order valence-electron chi connectivity index (χ2n) is 3.10. The van der Waals surface area contributed by atoms with Gasteiger partial charge in [0.05, 0.1) is 25.7 Å². The van der Waals surface area contributed by atoms with Gasteiger partial charge >= 0.3 is 0 Å². The Morgan fingerprint density at radius 2 is 2.00 bits per heavy atom. The minimum absolute atomic E-state index is 0.536. The molecule has 1 aromatic carbocycles. The number of ether oxygens (including phenoxy) is 2. The summed E-state index contributed by atoms with van der Waals surface area (Å²) in [6, 6.07) is 6.96. The van der Waals surface area contributed by atoms with Crippen LogP contribution in [0, 0.1) is 5.21 Å². The fourth-order valence-electron chi connectivity index (χ4n) is 1.52. The summed E-state index contributed by atoms with van der Waals surface area (Å²) >= 11 is 0. The maximum absolute atomic E-state index is 11.5. The smallest absolute Gasteiger partial charge is 0.231 e. The van der Waals surface area contributed by atoms with Gasteiger partial charge in [0.1, 0.15) is 11.5 Å². The molecule has 15 heavy (non-hydrogen) atoms. The van der Waals surface area contributed by atoms with Gasteiger partial charge in [0.2, 0.25) is 5.52 Å². The predicted octanol–water partition coefficient (Wildman–Crippen LogP) is 1.49. The number of pyridine rings is 1. The van der Waals surface area contributed by atoms with Crippen molar-refractivity contribution < 1.29 is 14.2 Å². The summed E-state index contributed by atoms with van der Waals surface area (Å²) in [5.41, 5.74) is 0.536. The van der Waals surface area contributed by atoms with Crippen LogP contribution in [0.2, 0.25) is 0 Å². The van der Waals surface area contributed by atoms with E-state index in [2.05, 4.69) is 0 Å². The van der Waals surface area contributed by atoms with E-state index in [4.69, 9.17) is 9.47 Å². The molecular weight excluding hydrogens is 194 g/mol. The summed E-state index contributed by atoms with van der Waals surface area (Å²) in [4.78, 5) is 0. The number of methoxy groups -OCH3 is 2. The van der Waals surface area contributed by atoms with Gasteiger partial charge in [0, 0.05) is 12.1 Å². The van der Waals surface area contributed by atoms with E-state index in [-0.39, 0.29) is 0 Å². The van der Waals surface area contributed by atoms with Crippen molar-refractivity contribution in [3.63, 3.8) is 0 Å². The van der Waals surface area contributed by atoms with Gasteiger partial charge < -0.3 is 14.7 Å². The Morgan fingerprint density at radius 1 is 1.20 bits per heavy atom. The lowest BCUT2D eigenvalue weighted by Gasteiger charge is -2.08. The number of hydrogen-bond acceptors (Lipinski definition) is 3. The maximum atomic E-state index is 11.5. The van der Waals surface area contributed by atoms with Crippen molar-refractivity contribution in [3.8, 4) is 11.5 Å². The average molecular weight is 205 g/mol. The van der Waals surface area contributed by atoms with E-state index in [1.165, 1.54) is 6.20 Å². The second-order valence-corrected chi connectivity index (χ2v) is 3.10. The first kappa shape index (κ1) is 9.58. The quantitative estimate of drug-likeness (QED) is 0.551. The number of hydrogen-bond donors (Lipinski definition) is 0. The van der Waals surface area contributed by atoms with Crippen molar-refractivity contribution in [1.82, 2.24) is 0 Å². The summed E-state index contributed by atoms with van der Waals surface area (Å²) in [6.45, 7) is 0. The van der Waals surface area contributed by atoms with E-state index < -0.39 is 0 Å². The van der Waals surface area contributed by atoms with Crippen molar-refractivity contribution in [1.29, 1.82) is 0 Å². The predicted molar refractivity (Wildman–Crippen MR) is 56.0 cm³/mol. The third kappa shape index (κ3) is 1.54. The highest BCUT2D eigenvalue weighted by molar-refractivity contribution is 5.84. The molecule has 0 radical (unpaired) electrons. The molecule has 1 aromatic heterocycles. The van der Waals surface area contributed by atoms with Gasteiger partial charge in [-0.25, -0.2) is 0 Å². The summed E-state index contributed by atoms with van der Waals surface area (Å²) in [6.07, 6.45) is 1.45. The molecule has 0 atom stereocenters. The van der Waals surface area contributed by atoms with Gasteiger partial charge in [0.25, 0.3) is 0 Å². The number of nitrogens with zero attached hydrogens (tertiary/aromatic N) is 1. The molecule has 0 unspecified atom stereocenters. The molecule has 0 N–H and O–H groups in total. The fourth-order valence-corrected chi connectivity index (χ4v) is 1.52. The molecular formula is C11H11NO3. The number of aromatic nitrogens is 1. The van der Waals surface area contributed by atoms with Crippen LogP contribution in [0.3, 0.4) is 0 Å². The molecule has 0 spiro atoms. The van der Waals surface area contributed by atoms with Crippen molar-refractivity contribution >= 4 is 10.9 Å². The minimum Gasteiger partial charge on any atom is -0.618 e. The normalized spacial score (nSPS) is 10.3. The lowest BCUT2D eigenvalue weighted by Crippen LogP contribution is -2.25. The van der Waals surface area contributed by atoms with Crippen LogP contribution in [0.5, 0.6) is 11.5 Å². The highest BCUT2D eigenvalue weighted by Gasteiger charge is 2.10. The van der Waals surface area contributed by atoms with Gasteiger partial charge in [-0.2, -0.15) is 4.73 Å². The first-order valence-corrected chi connectivity index (χ1v) is 4.50.